The predicted molar refractivity (Wildman–Crippen MR) is 159 cm³/mol. The highest BCUT2D eigenvalue weighted by molar-refractivity contribution is 6.05. The molecule has 0 spiro atoms. The molecule has 1 heteroatoms. The average Bonchev–Trinajstić information content (AvgIpc) is 3.01. The van der Waals surface area contributed by atoms with Crippen molar-refractivity contribution in [3.05, 3.63) is 156 Å². The van der Waals surface area contributed by atoms with Gasteiger partial charge in [-0.2, -0.15) is 5.26 Å². The number of hydrogen-bond donors (Lipinski definition) is 0. The summed E-state index contributed by atoms with van der Waals surface area (Å²) in [5.41, 5.74) is 10.2. The predicted octanol–water partition coefficient (Wildman–Crippen LogP) is 9.86. The fourth-order valence-corrected chi connectivity index (χ4v) is 5.35. The van der Waals surface area contributed by atoms with Gasteiger partial charge in [0.05, 0.1) is 11.6 Å². The van der Waals surface area contributed by atoms with Crippen molar-refractivity contribution in [3.8, 4) is 39.4 Å². The lowest BCUT2D eigenvalue weighted by Gasteiger charge is -2.15. The minimum Gasteiger partial charge on any atom is -0.192 e. The van der Waals surface area contributed by atoms with Gasteiger partial charge in [-0.1, -0.05) is 140 Å². The van der Waals surface area contributed by atoms with E-state index in [2.05, 4.69) is 128 Å². The van der Waals surface area contributed by atoms with Crippen LogP contribution in [0.4, 0.5) is 0 Å². The number of benzene rings is 6. The zero-order valence-electron chi connectivity index (χ0n) is 21.3. The van der Waals surface area contributed by atoms with Gasteiger partial charge in [0, 0.05) is 5.92 Å². The second-order valence-corrected chi connectivity index (χ2v) is 9.70. The van der Waals surface area contributed by atoms with Crippen molar-refractivity contribution in [2.75, 3.05) is 0 Å². The summed E-state index contributed by atoms with van der Waals surface area (Å²) in [6.07, 6.45) is 0. The van der Waals surface area contributed by atoms with Gasteiger partial charge in [-0.15, -0.1) is 0 Å². The first-order chi connectivity index (χ1) is 18.7. The van der Waals surface area contributed by atoms with Crippen molar-refractivity contribution in [1.82, 2.24) is 0 Å². The molecule has 38 heavy (non-hydrogen) atoms. The lowest BCUT2D eigenvalue weighted by molar-refractivity contribution is 0.923. The Bertz CT molecular complexity index is 1760. The van der Waals surface area contributed by atoms with E-state index in [1.807, 2.05) is 24.3 Å². The first-order valence-electron chi connectivity index (χ1n) is 13.0. The zero-order valence-corrected chi connectivity index (χ0v) is 21.3. The highest BCUT2D eigenvalue weighted by atomic mass is 14.2. The molecule has 0 bridgehead atoms. The summed E-state index contributed by atoms with van der Waals surface area (Å²) in [6, 6.07) is 51.4. The van der Waals surface area contributed by atoms with Crippen LogP contribution in [0.25, 0.3) is 44.2 Å². The molecule has 6 rings (SSSR count). The molecule has 180 valence electrons. The summed E-state index contributed by atoms with van der Waals surface area (Å²) < 4.78 is 0. The largest absolute Gasteiger partial charge is 0.192 e. The molecule has 1 atom stereocenters. The van der Waals surface area contributed by atoms with Crippen LogP contribution in [-0.2, 0) is 0 Å². The minimum atomic E-state index is 0.354. The van der Waals surface area contributed by atoms with Crippen LogP contribution in [-0.4, -0.2) is 0 Å². The lowest BCUT2D eigenvalue weighted by Crippen LogP contribution is -1.95. The Morgan fingerprint density at radius 1 is 0.447 bits per heavy atom. The third kappa shape index (κ3) is 4.38. The minimum absolute atomic E-state index is 0.354. The molecule has 0 aliphatic rings. The molecule has 0 aliphatic carbocycles. The third-order valence-electron chi connectivity index (χ3n) is 7.50. The van der Waals surface area contributed by atoms with Crippen LogP contribution in [0.1, 0.15) is 29.5 Å². The molecule has 0 amide bonds. The molecule has 6 aromatic carbocycles. The number of rotatable bonds is 5. The number of fused-ring (bicyclic) bond motifs is 1. The monoisotopic (exact) mass is 485 g/mol. The van der Waals surface area contributed by atoms with E-state index in [4.69, 9.17) is 0 Å². The molecule has 0 aliphatic heterocycles. The molecular weight excluding hydrogens is 458 g/mol. The van der Waals surface area contributed by atoms with E-state index in [-0.39, 0.29) is 0 Å². The van der Waals surface area contributed by atoms with Crippen LogP contribution in [0.15, 0.2) is 140 Å². The van der Waals surface area contributed by atoms with E-state index >= 15 is 0 Å². The van der Waals surface area contributed by atoms with Crippen LogP contribution in [0.3, 0.4) is 0 Å². The molecule has 0 fully saturated rings. The highest BCUT2D eigenvalue weighted by Gasteiger charge is 2.12. The first kappa shape index (κ1) is 23.5. The Labute approximate surface area is 224 Å². The van der Waals surface area contributed by atoms with E-state index in [0.29, 0.717) is 11.5 Å². The van der Waals surface area contributed by atoms with Gasteiger partial charge in [-0.3, -0.25) is 0 Å². The van der Waals surface area contributed by atoms with Gasteiger partial charge < -0.3 is 0 Å². The Morgan fingerprint density at radius 3 is 1.47 bits per heavy atom. The Balaban J connectivity index is 1.35. The van der Waals surface area contributed by atoms with E-state index in [1.54, 1.807) is 0 Å². The molecule has 6 aromatic rings. The number of nitriles is 1. The van der Waals surface area contributed by atoms with E-state index in [1.165, 1.54) is 38.6 Å². The summed E-state index contributed by atoms with van der Waals surface area (Å²) in [5, 5.41) is 12.0. The van der Waals surface area contributed by atoms with E-state index < -0.39 is 0 Å². The molecular formula is C37H27N. The van der Waals surface area contributed by atoms with Crippen LogP contribution < -0.4 is 0 Å². The summed E-state index contributed by atoms with van der Waals surface area (Å²) in [4.78, 5) is 0. The lowest BCUT2D eigenvalue weighted by atomic mass is 9.89. The van der Waals surface area contributed by atoms with Crippen molar-refractivity contribution in [2.24, 2.45) is 0 Å². The van der Waals surface area contributed by atoms with Gasteiger partial charge in [-0.25, -0.2) is 0 Å². The van der Waals surface area contributed by atoms with Gasteiger partial charge in [0.25, 0.3) is 0 Å². The van der Waals surface area contributed by atoms with Gasteiger partial charge >= 0.3 is 0 Å². The Morgan fingerprint density at radius 2 is 0.895 bits per heavy atom. The SMILES string of the molecule is CC(c1ccccc1)c1ccc(-c2ccc(-c3ccc(-c4ccccc4C#N)cc3)c3ccccc23)cc1. The maximum Gasteiger partial charge on any atom is 0.0998 e. The molecule has 0 radical (unpaired) electrons. The van der Waals surface area contributed by atoms with Crippen molar-refractivity contribution >= 4 is 10.8 Å². The van der Waals surface area contributed by atoms with Gasteiger partial charge in [0.15, 0.2) is 0 Å². The summed E-state index contributed by atoms with van der Waals surface area (Å²) in [5.74, 6) is 0.354. The van der Waals surface area contributed by atoms with Crippen molar-refractivity contribution < 1.29 is 0 Å². The Kier molecular flexibility index (Phi) is 6.30. The van der Waals surface area contributed by atoms with Gasteiger partial charge in [-0.05, 0) is 61.3 Å². The maximum atomic E-state index is 9.50. The quantitative estimate of drug-likeness (QED) is 0.238. The second kappa shape index (κ2) is 10.2. The molecule has 0 N–H and O–H groups in total. The van der Waals surface area contributed by atoms with Crippen LogP contribution in [0.2, 0.25) is 0 Å². The van der Waals surface area contributed by atoms with Gasteiger partial charge in [0.2, 0.25) is 0 Å². The molecule has 1 unspecified atom stereocenters. The third-order valence-corrected chi connectivity index (χ3v) is 7.50. The molecule has 0 saturated carbocycles. The maximum absolute atomic E-state index is 9.50. The van der Waals surface area contributed by atoms with Crippen molar-refractivity contribution in [1.29, 1.82) is 5.26 Å². The van der Waals surface area contributed by atoms with Crippen LogP contribution in [0, 0.1) is 11.3 Å². The summed E-state index contributed by atoms with van der Waals surface area (Å²) >= 11 is 0. The number of nitrogens with zero attached hydrogens (tertiary/aromatic N) is 1. The molecule has 0 heterocycles. The fourth-order valence-electron chi connectivity index (χ4n) is 5.35. The highest BCUT2D eigenvalue weighted by Crippen LogP contribution is 2.37. The molecule has 0 saturated heterocycles. The summed E-state index contributed by atoms with van der Waals surface area (Å²) in [7, 11) is 0. The fraction of sp³-hybridized carbons (Fsp3) is 0.0541. The molecule has 1 nitrogen and oxygen atoms in total. The van der Waals surface area contributed by atoms with Gasteiger partial charge in [0.1, 0.15) is 0 Å². The van der Waals surface area contributed by atoms with Crippen molar-refractivity contribution in [2.45, 2.75) is 12.8 Å². The normalized spacial score (nSPS) is 11.7. The second-order valence-electron chi connectivity index (χ2n) is 9.70. The smallest absolute Gasteiger partial charge is 0.0998 e. The average molecular weight is 486 g/mol. The first-order valence-corrected chi connectivity index (χ1v) is 13.0. The van der Waals surface area contributed by atoms with Crippen LogP contribution >= 0.6 is 0 Å². The van der Waals surface area contributed by atoms with E-state index in [9.17, 15) is 5.26 Å². The zero-order chi connectivity index (χ0) is 25.9. The topological polar surface area (TPSA) is 23.8 Å². The standard InChI is InChI=1S/C37H27N/c1-26(27-9-3-2-4-10-27)28-15-17-30(18-16-28)34-23-24-35(37-14-8-7-13-36(34)37)31-21-19-29(20-22-31)33-12-6-5-11-32(33)25-38/h2-24,26H,1H3. The van der Waals surface area contributed by atoms with E-state index in [0.717, 1.165) is 16.7 Å². The van der Waals surface area contributed by atoms with Crippen LogP contribution in [0.5, 0.6) is 0 Å². The summed E-state index contributed by atoms with van der Waals surface area (Å²) in [6.45, 7) is 2.26. The van der Waals surface area contributed by atoms with Crippen molar-refractivity contribution in [3.63, 3.8) is 0 Å². The molecule has 0 aromatic heterocycles. The number of hydrogen-bond acceptors (Lipinski definition) is 1. The Hall–Kier alpha value is -4.93.